The SMILES string of the molecule is CN(C)c1ccccc1/C=C/C1OC(=O)C2=CC(/C=C/c3ccccc3N(C)C)(N(C)C)C=CC21. The van der Waals surface area contributed by atoms with E-state index < -0.39 is 5.54 Å². The zero-order valence-electron chi connectivity index (χ0n) is 21.5. The Morgan fingerprint density at radius 3 is 1.97 bits per heavy atom. The number of rotatable bonds is 7. The fourth-order valence-electron chi connectivity index (χ4n) is 4.68. The number of cyclic esters (lactones) is 1. The summed E-state index contributed by atoms with van der Waals surface area (Å²) >= 11 is 0. The maximum atomic E-state index is 12.9. The van der Waals surface area contributed by atoms with Crippen LogP contribution >= 0.6 is 0 Å². The first-order valence-corrected chi connectivity index (χ1v) is 11.9. The predicted octanol–water partition coefficient (Wildman–Crippen LogP) is 4.88. The lowest BCUT2D eigenvalue weighted by molar-refractivity contribution is -0.137. The number of ether oxygens (including phenoxy) is 1. The fraction of sp³-hybridized carbons (Fsp3) is 0.300. The van der Waals surface area contributed by atoms with Crippen molar-refractivity contribution in [1.29, 1.82) is 0 Å². The third-order valence-electron chi connectivity index (χ3n) is 6.76. The number of carbonyl (C=O) groups is 1. The summed E-state index contributed by atoms with van der Waals surface area (Å²) in [5.74, 6) is -0.344. The van der Waals surface area contributed by atoms with Crippen molar-refractivity contribution in [2.75, 3.05) is 52.1 Å². The van der Waals surface area contributed by atoms with E-state index in [4.69, 9.17) is 4.74 Å². The van der Waals surface area contributed by atoms with Crippen LogP contribution in [0.15, 0.2) is 84.5 Å². The van der Waals surface area contributed by atoms with Gasteiger partial charge in [-0.3, -0.25) is 4.90 Å². The number of esters is 1. The molecule has 3 unspecified atom stereocenters. The van der Waals surface area contributed by atoms with Gasteiger partial charge in [0.05, 0.1) is 5.54 Å². The lowest BCUT2D eigenvalue weighted by Gasteiger charge is -2.35. The van der Waals surface area contributed by atoms with Gasteiger partial charge >= 0.3 is 5.97 Å². The highest BCUT2D eigenvalue weighted by molar-refractivity contribution is 5.93. The minimum absolute atomic E-state index is 0.0965. The van der Waals surface area contributed by atoms with Crippen LogP contribution in [-0.4, -0.2) is 64.8 Å². The molecule has 5 heteroatoms. The van der Waals surface area contributed by atoms with Gasteiger partial charge in [0.25, 0.3) is 0 Å². The van der Waals surface area contributed by atoms with E-state index in [9.17, 15) is 4.79 Å². The van der Waals surface area contributed by atoms with Crippen molar-refractivity contribution >= 4 is 29.5 Å². The van der Waals surface area contributed by atoms with Crippen molar-refractivity contribution in [1.82, 2.24) is 4.90 Å². The zero-order chi connectivity index (χ0) is 25.2. The van der Waals surface area contributed by atoms with Gasteiger partial charge in [-0.25, -0.2) is 4.79 Å². The molecule has 0 radical (unpaired) electrons. The highest BCUT2D eigenvalue weighted by Crippen LogP contribution is 2.39. The van der Waals surface area contributed by atoms with Crippen LogP contribution < -0.4 is 9.80 Å². The Morgan fingerprint density at radius 1 is 0.829 bits per heavy atom. The number of carbonyl (C=O) groups excluding carboxylic acids is 1. The summed E-state index contributed by atoms with van der Waals surface area (Å²) in [5, 5.41) is 0. The van der Waals surface area contributed by atoms with Gasteiger partial charge in [-0.2, -0.15) is 0 Å². The topological polar surface area (TPSA) is 36.0 Å². The standard InChI is InChI=1S/C30H35N3O2/c1-31(2)26-13-9-7-11-22(26)15-16-28-24-18-20-30(33(5)6,21-25(24)29(34)35-28)19-17-23-12-8-10-14-27(23)32(3)4/h7-21,24,28H,1-6H3/b16-15+,19-17+. The number of likely N-dealkylation sites (N-methyl/N-ethyl adjacent to an activating group) is 1. The quantitative estimate of drug-likeness (QED) is 0.427. The summed E-state index contributed by atoms with van der Waals surface area (Å²) in [4.78, 5) is 19.2. The molecular weight excluding hydrogens is 434 g/mol. The fourth-order valence-corrected chi connectivity index (χ4v) is 4.68. The third kappa shape index (κ3) is 4.96. The Kier molecular flexibility index (Phi) is 6.99. The molecule has 35 heavy (non-hydrogen) atoms. The van der Waals surface area contributed by atoms with Crippen LogP contribution in [0.5, 0.6) is 0 Å². The molecule has 1 aliphatic carbocycles. The maximum absolute atomic E-state index is 12.9. The summed E-state index contributed by atoms with van der Waals surface area (Å²) in [5.41, 5.74) is 4.69. The summed E-state index contributed by atoms with van der Waals surface area (Å²) in [6.45, 7) is 0. The van der Waals surface area contributed by atoms with Gasteiger partial charge in [0.15, 0.2) is 0 Å². The molecule has 182 valence electrons. The van der Waals surface area contributed by atoms with Crippen molar-refractivity contribution < 1.29 is 9.53 Å². The molecule has 4 rings (SSSR count). The van der Waals surface area contributed by atoms with Crippen molar-refractivity contribution in [3.8, 4) is 0 Å². The van der Waals surface area contributed by atoms with Gasteiger partial charge < -0.3 is 14.5 Å². The summed E-state index contributed by atoms with van der Waals surface area (Å²) in [7, 11) is 12.2. The summed E-state index contributed by atoms with van der Waals surface area (Å²) in [6, 6.07) is 16.5. The molecule has 1 saturated heterocycles. The molecule has 5 nitrogen and oxygen atoms in total. The Balaban J connectivity index is 1.63. The number of fused-ring (bicyclic) bond motifs is 1. The molecule has 1 heterocycles. The Morgan fingerprint density at radius 2 is 1.40 bits per heavy atom. The molecule has 3 atom stereocenters. The molecule has 2 aliphatic rings. The molecule has 0 N–H and O–H groups in total. The molecular formula is C30H35N3O2. The Labute approximate surface area is 209 Å². The number of hydrogen-bond donors (Lipinski definition) is 0. The Bertz CT molecular complexity index is 1210. The molecule has 2 aromatic carbocycles. The first-order chi connectivity index (χ1) is 16.7. The van der Waals surface area contributed by atoms with E-state index in [0.29, 0.717) is 5.57 Å². The average Bonchev–Trinajstić information content (AvgIpc) is 3.16. The minimum Gasteiger partial charge on any atom is -0.454 e. The molecule has 0 saturated carbocycles. The van der Waals surface area contributed by atoms with Crippen LogP contribution in [0.25, 0.3) is 12.2 Å². The first kappa shape index (κ1) is 24.6. The van der Waals surface area contributed by atoms with Crippen LogP contribution in [0, 0.1) is 5.92 Å². The van der Waals surface area contributed by atoms with Gasteiger partial charge in [0.2, 0.25) is 0 Å². The van der Waals surface area contributed by atoms with Crippen molar-refractivity contribution in [3.05, 3.63) is 95.6 Å². The van der Waals surface area contributed by atoms with E-state index in [-0.39, 0.29) is 18.0 Å². The second-order valence-electron chi connectivity index (χ2n) is 9.74. The summed E-state index contributed by atoms with van der Waals surface area (Å²) < 4.78 is 5.81. The minimum atomic E-state index is -0.513. The van der Waals surface area contributed by atoms with Gasteiger partial charge in [0.1, 0.15) is 6.10 Å². The van der Waals surface area contributed by atoms with Gasteiger partial charge in [-0.1, -0.05) is 66.8 Å². The van der Waals surface area contributed by atoms with Gasteiger partial charge in [-0.05, 0) is 49.5 Å². The molecule has 1 aliphatic heterocycles. The number of benzene rings is 2. The van der Waals surface area contributed by atoms with Crippen LogP contribution in [0.1, 0.15) is 11.1 Å². The van der Waals surface area contributed by atoms with E-state index in [1.165, 1.54) is 0 Å². The van der Waals surface area contributed by atoms with E-state index in [0.717, 1.165) is 22.5 Å². The van der Waals surface area contributed by atoms with Crippen LogP contribution in [0.3, 0.4) is 0 Å². The van der Waals surface area contributed by atoms with Crippen molar-refractivity contribution in [2.24, 2.45) is 5.92 Å². The number of nitrogens with zero attached hydrogens (tertiary/aromatic N) is 3. The zero-order valence-corrected chi connectivity index (χ0v) is 21.5. The normalized spacial score (nSPS) is 23.6. The van der Waals surface area contributed by atoms with E-state index in [1.54, 1.807) is 0 Å². The highest BCUT2D eigenvalue weighted by Gasteiger charge is 2.42. The van der Waals surface area contributed by atoms with Crippen LogP contribution in [0.2, 0.25) is 0 Å². The van der Waals surface area contributed by atoms with Crippen LogP contribution in [0.4, 0.5) is 11.4 Å². The second kappa shape index (κ2) is 9.96. The average molecular weight is 470 g/mol. The van der Waals surface area contributed by atoms with Crippen LogP contribution in [-0.2, 0) is 9.53 Å². The van der Waals surface area contributed by atoms with Gasteiger partial charge in [-0.15, -0.1) is 0 Å². The molecule has 2 aromatic rings. The first-order valence-electron chi connectivity index (χ1n) is 11.9. The molecule has 1 fully saturated rings. The van der Waals surface area contributed by atoms with Gasteiger partial charge in [0, 0.05) is 51.1 Å². The molecule has 0 aromatic heterocycles. The monoisotopic (exact) mass is 469 g/mol. The number of para-hydroxylation sites is 2. The summed E-state index contributed by atoms with van der Waals surface area (Å²) in [6.07, 6.45) is 14.4. The second-order valence-corrected chi connectivity index (χ2v) is 9.74. The lowest BCUT2D eigenvalue weighted by Crippen LogP contribution is -2.41. The number of anilines is 2. The van der Waals surface area contributed by atoms with E-state index in [1.807, 2.05) is 72.6 Å². The molecule has 0 bridgehead atoms. The predicted molar refractivity (Wildman–Crippen MR) is 147 cm³/mol. The highest BCUT2D eigenvalue weighted by atomic mass is 16.5. The maximum Gasteiger partial charge on any atom is 0.335 e. The largest absolute Gasteiger partial charge is 0.454 e. The molecule has 0 spiro atoms. The smallest absolute Gasteiger partial charge is 0.335 e. The number of hydrogen-bond acceptors (Lipinski definition) is 5. The van der Waals surface area contributed by atoms with Crippen molar-refractivity contribution in [3.63, 3.8) is 0 Å². The third-order valence-corrected chi connectivity index (χ3v) is 6.76. The van der Waals surface area contributed by atoms with E-state index >= 15 is 0 Å². The van der Waals surface area contributed by atoms with E-state index in [2.05, 4.69) is 75.4 Å². The van der Waals surface area contributed by atoms with Crippen molar-refractivity contribution in [2.45, 2.75) is 11.6 Å². The lowest BCUT2D eigenvalue weighted by atomic mass is 9.81. The molecule has 0 amide bonds. The Hall–Kier alpha value is -3.57.